The SMILES string of the molecule is O=C(c1ccc2c(=O)n3c(nc2c1)CCC3)N1CCN(S(=O)(=O)c2cccc([N+](=O)[O-])c2)CC1. The lowest BCUT2D eigenvalue weighted by Crippen LogP contribution is -2.50. The first-order chi connectivity index (χ1) is 16.3. The standard InChI is InChI=1S/C22H21N5O6S/c28-21(15-6-7-18-19(13-15)23-20-5-2-8-26(20)22(18)29)24-9-11-25(12-10-24)34(32,33)17-4-1-3-16(14-17)27(30)31/h1,3-4,6-7,13-14H,2,5,8-12H2. The van der Waals surface area contributed by atoms with Crippen LogP contribution in [0.25, 0.3) is 10.9 Å². The lowest BCUT2D eigenvalue weighted by atomic mass is 10.1. The maximum atomic E-state index is 13.1. The first-order valence-corrected chi connectivity index (χ1v) is 12.3. The van der Waals surface area contributed by atoms with Crippen LogP contribution in [0.4, 0.5) is 5.69 Å². The number of amides is 1. The lowest BCUT2D eigenvalue weighted by Gasteiger charge is -2.34. The Balaban J connectivity index is 1.33. The monoisotopic (exact) mass is 483 g/mol. The van der Waals surface area contributed by atoms with Gasteiger partial charge in [0.2, 0.25) is 10.0 Å². The van der Waals surface area contributed by atoms with E-state index in [0.29, 0.717) is 23.0 Å². The van der Waals surface area contributed by atoms with Crippen molar-refractivity contribution in [1.82, 2.24) is 18.8 Å². The van der Waals surface area contributed by atoms with Gasteiger partial charge in [-0.1, -0.05) is 6.07 Å². The Morgan fingerprint density at radius 1 is 1.03 bits per heavy atom. The summed E-state index contributed by atoms with van der Waals surface area (Å²) in [5.74, 6) is 0.457. The molecule has 12 heteroatoms. The van der Waals surface area contributed by atoms with Crippen LogP contribution < -0.4 is 5.56 Å². The van der Waals surface area contributed by atoms with Crippen molar-refractivity contribution in [2.24, 2.45) is 0 Å². The topological polar surface area (TPSA) is 136 Å². The molecule has 1 fully saturated rings. The maximum Gasteiger partial charge on any atom is 0.270 e. The highest BCUT2D eigenvalue weighted by Gasteiger charge is 2.31. The predicted molar refractivity (Wildman–Crippen MR) is 122 cm³/mol. The molecule has 0 atom stereocenters. The van der Waals surface area contributed by atoms with Crippen LogP contribution in [0, 0.1) is 10.1 Å². The Kier molecular flexibility index (Phi) is 5.41. The number of sulfonamides is 1. The zero-order valence-corrected chi connectivity index (χ0v) is 18.9. The van der Waals surface area contributed by atoms with E-state index in [-0.39, 0.29) is 48.2 Å². The zero-order chi connectivity index (χ0) is 24.0. The molecule has 34 heavy (non-hydrogen) atoms. The number of nitrogens with zero attached hydrogens (tertiary/aromatic N) is 5. The Morgan fingerprint density at radius 2 is 1.79 bits per heavy atom. The van der Waals surface area contributed by atoms with Gasteiger partial charge in [0.15, 0.2) is 0 Å². The number of benzene rings is 2. The molecule has 2 aromatic carbocycles. The van der Waals surface area contributed by atoms with Crippen molar-refractivity contribution in [2.75, 3.05) is 26.2 Å². The highest BCUT2D eigenvalue weighted by atomic mass is 32.2. The van der Waals surface area contributed by atoms with Crippen LogP contribution >= 0.6 is 0 Å². The van der Waals surface area contributed by atoms with E-state index in [1.807, 2.05) is 0 Å². The normalized spacial score (nSPS) is 16.5. The number of non-ortho nitro benzene ring substituents is 1. The van der Waals surface area contributed by atoms with Crippen molar-refractivity contribution in [1.29, 1.82) is 0 Å². The van der Waals surface area contributed by atoms with E-state index in [1.54, 1.807) is 27.7 Å². The number of piperazine rings is 1. The van der Waals surface area contributed by atoms with Gasteiger partial charge in [-0.05, 0) is 30.7 Å². The number of hydrogen-bond acceptors (Lipinski definition) is 7. The molecule has 5 rings (SSSR count). The third-order valence-electron chi connectivity index (χ3n) is 6.26. The van der Waals surface area contributed by atoms with Crippen molar-refractivity contribution in [3.05, 3.63) is 74.3 Å². The van der Waals surface area contributed by atoms with Crippen LogP contribution in [0.5, 0.6) is 0 Å². The van der Waals surface area contributed by atoms with E-state index in [1.165, 1.54) is 22.5 Å². The van der Waals surface area contributed by atoms with Crippen molar-refractivity contribution in [2.45, 2.75) is 24.3 Å². The molecular weight excluding hydrogens is 462 g/mol. The van der Waals surface area contributed by atoms with Gasteiger partial charge in [0.25, 0.3) is 17.2 Å². The molecule has 3 aromatic rings. The van der Waals surface area contributed by atoms with Gasteiger partial charge in [0, 0.05) is 56.8 Å². The predicted octanol–water partition coefficient (Wildman–Crippen LogP) is 1.40. The minimum Gasteiger partial charge on any atom is -0.336 e. The highest BCUT2D eigenvalue weighted by molar-refractivity contribution is 7.89. The fourth-order valence-electron chi connectivity index (χ4n) is 4.44. The number of nitro benzene ring substituents is 1. The molecular formula is C22H21N5O6S. The molecule has 11 nitrogen and oxygen atoms in total. The van der Waals surface area contributed by atoms with Crippen molar-refractivity contribution in [3.63, 3.8) is 0 Å². The van der Waals surface area contributed by atoms with Gasteiger partial charge in [0.1, 0.15) is 5.82 Å². The summed E-state index contributed by atoms with van der Waals surface area (Å²) in [6.07, 6.45) is 1.60. The van der Waals surface area contributed by atoms with Crippen LogP contribution in [-0.4, -0.2) is 64.2 Å². The average molecular weight is 484 g/mol. The number of nitro groups is 1. The minimum absolute atomic E-state index is 0.0669. The third kappa shape index (κ3) is 3.74. The first-order valence-electron chi connectivity index (χ1n) is 10.8. The van der Waals surface area contributed by atoms with Crippen molar-refractivity contribution < 1.29 is 18.1 Å². The first kappa shape index (κ1) is 22.2. The van der Waals surface area contributed by atoms with Gasteiger partial charge in [-0.2, -0.15) is 4.31 Å². The van der Waals surface area contributed by atoms with Crippen LogP contribution in [0.3, 0.4) is 0 Å². The van der Waals surface area contributed by atoms with E-state index in [4.69, 9.17) is 0 Å². The molecule has 0 unspecified atom stereocenters. The van der Waals surface area contributed by atoms with Crippen molar-refractivity contribution in [3.8, 4) is 0 Å². The Labute approximate surface area is 194 Å². The molecule has 0 N–H and O–H groups in total. The lowest BCUT2D eigenvalue weighted by molar-refractivity contribution is -0.385. The summed E-state index contributed by atoms with van der Waals surface area (Å²) in [5.41, 5.74) is 0.467. The van der Waals surface area contributed by atoms with Gasteiger partial charge < -0.3 is 4.90 Å². The third-order valence-corrected chi connectivity index (χ3v) is 8.15. The minimum atomic E-state index is -3.93. The van der Waals surface area contributed by atoms with E-state index in [9.17, 15) is 28.1 Å². The Morgan fingerprint density at radius 3 is 2.53 bits per heavy atom. The van der Waals surface area contributed by atoms with E-state index in [2.05, 4.69) is 4.98 Å². The molecule has 1 saturated heterocycles. The average Bonchev–Trinajstić information content (AvgIpc) is 3.32. The molecule has 0 radical (unpaired) electrons. The second-order valence-corrected chi connectivity index (χ2v) is 10.2. The summed E-state index contributed by atoms with van der Waals surface area (Å²) in [6, 6.07) is 9.75. The molecule has 3 heterocycles. The largest absolute Gasteiger partial charge is 0.336 e. The van der Waals surface area contributed by atoms with Crippen LogP contribution in [0.15, 0.2) is 52.2 Å². The van der Waals surface area contributed by atoms with Gasteiger partial charge in [-0.15, -0.1) is 0 Å². The summed E-state index contributed by atoms with van der Waals surface area (Å²) in [5, 5.41) is 11.5. The van der Waals surface area contributed by atoms with E-state index in [0.717, 1.165) is 24.7 Å². The molecule has 1 amide bonds. The molecule has 0 saturated carbocycles. The Hall–Kier alpha value is -3.64. The number of aryl methyl sites for hydroxylation is 1. The fourth-order valence-corrected chi connectivity index (χ4v) is 5.90. The molecule has 0 bridgehead atoms. The summed E-state index contributed by atoms with van der Waals surface area (Å²) in [7, 11) is -3.93. The number of rotatable bonds is 4. The van der Waals surface area contributed by atoms with Gasteiger partial charge in [-0.25, -0.2) is 13.4 Å². The summed E-state index contributed by atoms with van der Waals surface area (Å²) < 4.78 is 28.8. The van der Waals surface area contributed by atoms with Gasteiger partial charge in [0.05, 0.1) is 20.7 Å². The highest BCUT2D eigenvalue weighted by Crippen LogP contribution is 2.23. The number of hydrogen-bond donors (Lipinski definition) is 0. The number of carbonyl (C=O) groups excluding carboxylic acids is 1. The van der Waals surface area contributed by atoms with Crippen molar-refractivity contribution >= 4 is 32.5 Å². The number of carbonyl (C=O) groups is 1. The van der Waals surface area contributed by atoms with Crippen LogP contribution in [0.1, 0.15) is 22.6 Å². The van der Waals surface area contributed by atoms with Gasteiger partial charge >= 0.3 is 0 Å². The molecule has 0 aliphatic carbocycles. The molecule has 1 aromatic heterocycles. The fraction of sp³-hybridized carbons (Fsp3) is 0.318. The maximum absolute atomic E-state index is 13.1. The summed E-state index contributed by atoms with van der Waals surface area (Å²) in [4.78, 5) is 42.0. The summed E-state index contributed by atoms with van der Waals surface area (Å²) >= 11 is 0. The van der Waals surface area contributed by atoms with Crippen LogP contribution in [-0.2, 0) is 23.0 Å². The molecule has 176 valence electrons. The molecule has 0 spiro atoms. The summed E-state index contributed by atoms with van der Waals surface area (Å²) in [6.45, 7) is 1.13. The smallest absolute Gasteiger partial charge is 0.270 e. The van der Waals surface area contributed by atoms with Gasteiger partial charge in [-0.3, -0.25) is 24.3 Å². The molecule has 2 aliphatic heterocycles. The number of fused-ring (bicyclic) bond motifs is 2. The zero-order valence-electron chi connectivity index (χ0n) is 18.1. The van der Waals surface area contributed by atoms with E-state index >= 15 is 0 Å². The second kappa shape index (κ2) is 8.29. The second-order valence-electron chi connectivity index (χ2n) is 8.27. The van der Waals surface area contributed by atoms with E-state index < -0.39 is 14.9 Å². The quantitative estimate of drug-likeness (QED) is 0.404. The van der Waals surface area contributed by atoms with Crippen LogP contribution in [0.2, 0.25) is 0 Å². The molecule has 2 aliphatic rings. The Bertz CT molecular complexity index is 1490. The number of aromatic nitrogens is 2.